The fourth-order valence-corrected chi connectivity index (χ4v) is 20.6. The Morgan fingerprint density at radius 3 is 1.31 bits per heavy atom. The zero-order valence-electron chi connectivity index (χ0n) is 51.1. The van der Waals surface area contributed by atoms with Gasteiger partial charge in [0.25, 0.3) is 0 Å². The van der Waals surface area contributed by atoms with Crippen LogP contribution in [-0.2, 0) is 56.1 Å². The molecule has 0 amide bonds. The Morgan fingerprint density at radius 1 is 0.289 bits per heavy atom. The molecular weight excluding hydrogens is 1100 g/mol. The predicted molar refractivity (Wildman–Crippen MR) is 371 cm³/mol. The van der Waals surface area contributed by atoms with E-state index in [1.165, 1.54) is 195 Å². The lowest BCUT2D eigenvalue weighted by Gasteiger charge is -2.47. The van der Waals surface area contributed by atoms with Crippen LogP contribution in [0.1, 0.15) is 251 Å². The molecule has 18 rings (SSSR count). The van der Waals surface area contributed by atoms with Crippen molar-refractivity contribution in [1.29, 1.82) is 0 Å². The zero-order valence-corrected chi connectivity index (χ0v) is 51.1. The number of carbonyl (C=O) groups is 5. The van der Waals surface area contributed by atoms with Crippen molar-refractivity contribution in [2.45, 2.75) is 227 Å². The Balaban J connectivity index is 0.000000123. The van der Waals surface area contributed by atoms with Crippen LogP contribution in [0.2, 0.25) is 0 Å². The molecule has 478 valence electrons. The topological polar surface area (TPSA) is 85.3 Å². The number of ketones is 5. The summed E-state index contributed by atoms with van der Waals surface area (Å²) in [4.78, 5) is 60.2. The van der Waals surface area contributed by atoms with E-state index >= 15 is 0 Å². The summed E-state index contributed by atoms with van der Waals surface area (Å²) in [6.45, 7) is 0. The number of benzene rings is 5. The van der Waals surface area contributed by atoms with Crippen molar-refractivity contribution in [2.24, 2.45) is 65.1 Å². The second-order valence-electron chi connectivity index (χ2n) is 28.9. The van der Waals surface area contributed by atoms with Crippen LogP contribution in [0.15, 0.2) is 133 Å². The molecule has 14 atom stereocenters. The fraction of sp³-hybridized carbons (Fsp3) is 0.541. The van der Waals surface area contributed by atoms with Gasteiger partial charge in [-0.1, -0.05) is 183 Å². The minimum Gasteiger partial charge on any atom is -0.300 e. The van der Waals surface area contributed by atoms with Crippen molar-refractivity contribution in [3.8, 4) is 0 Å². The molecule has 6 fully saturated rings. The average Bonchev–Trinajstić information content (AvgIpc) is 1.37. The maximum absolute atomic E-state index is 12.5. The summed E-state index contributed by atoms with van der Waals surface area (Å²) in [5.41, 5.74) is 17.1. The summed E-state index contributed by atoms with van der Waals surface area (Å²) in [6, 6.07) is 43.5. The van der Waals surface area contributed by atoms with E-state index in [4.69, 9.17) is 0 Å². The first-order valence-corrected chi connectivity index (χ1v) is 34.7. The van der Waals surface area contributed by atoms with Gasteiger partial charge in [0.1, 0.15) is 17.3 Å². The van der Waals surface area contributed by atoms with Gasteiger partial charge in [0.15, 0.2) is 11.6 Å². The lowest BCUT2D eigenvalue weighted by atomic mass is 9.56. The number of allylic oxidation sites excluding steroid dienone is 4. The van der Waals surface area contributed by atoms with Crippen LogP contribution in [0.3, 0.4) is 0 Å². The minimum absolute atomic E-state index is 0. The van der Waals surface area contributed by atoms with E-state index in [-0.39, 0.29) is 29.7 Å². The smallest absolute Gasteiger partial charge is 0.159 e. The number of hydrogen-bond acceptors (Lipinski definition) is 5. The highest BCUT2D eigenvalue weighted by Gasteiger charge is 2.49. The van der Waals surface area contributed by atoms with Crippen molar-refractivity contribution < 1.29 is 24.0 Å². The maximum Gasteiger partial charge on any atom is 0.159 e. The number of Topliss-reactive ketones (excluding diaryl/α,β-unsaturated/α-hetero) is 3. The molecule has 0 bridgehead atoms. The minimum atomic E-state index is 0. The molecule has 0 N–H and O–H groups in total. The van der Waals surface area contributed by atoms with Crippen LogP contribution in [0.25, 0.3) is 11.1 Å². The normalized spacial score (nSPS) is 31.3. The SMILES string of the molecule is C.C.C.C.O=C1C=C2c3ccccc3CCC2C2CCCCC12.O=C1C=C2c3ccccc3CCC2CC1.O=C1CC2c3ccccc3CCC2C2CCCC12.O=C1CC2c3ccccc3CCC2C2CCCCC12.O=C1CCC2CCc3ccccc3C2C1. The Labute approximate surface area is 542 Å². The molecule has 13 aliphatic rings. The van der Waals surface area contributed by atoms with Crippen LogP contribution in [0.4, 0.5) is 0 Å². The third-order valence-corrected chi connectivity index (χ3v) is 24.7. The van der Waals surface area contributed by atoms with Crippen LogP contribution >= 0.6 is 0 Å². The van der Waals surface area contributed by atoms with Gasteiger partial charge in [0.2, 0.25) is 0 Å². The predicted octanol–water partition coefficient (Wildman–Crippen LogP) is 20.5. The van der Waals surface area contributed by atoms with Crippen molar-refractivity contribution in [1.82, 2.24) is 0 Å². The van der Waals surface area contributed by atoms with Crippen LogP contribution in [-0.4, -0.2) is 28.9 Å². The summed E-state index contributed by atoms with van der Waals surface area (Å²) in [6.07, 6.45) is 36.3. The van der Waals surface area contributed by atoms with Gasteiger partial charge in [0.05, 0.1) is 0 Å². The molecule has 0 radical (unpaired) electrons. The van der Waals surface area contributed by atoms with Crippen LogP contribution in [0.5, 0.6) is 0 Å². The molecule has 6 saturated carbocycles. The van der Waals surface area contributed by atoms with Gasteiger partial charge in [0, 0.05) is 49.9 Å². The largest absolute Gasteiger partial charge is 0.300 e. The second-order valence-corrected chi connectivity index (χ2v) is 28.9. The third kappa shape index (κ3) is 13.4. The maximum atomic E-state index is 12.5. The molecule has 5 heteroatoms. The molecule has 0 aliphatic heterocycles. The van der Waals surface area contributed by atoms with Gasteiger partial charge >= 0.3 is 0 Å². The van der Waals surface area contributed by atoms with Gasteiger partial charge < -0.3 is 0 Å². The monoisotopic (exact) mass is 1210 g/mol. The van der Waals surface area contributed by atoms with E-state index in [1.54, 1.807) is 0 Å². The molecule has 0 saturated heterocycles. The van der Waals surface area contributed by atoms with Gasteiger partial charge in [-0.2, -0.15) is 0 Å². The van der Waals surface area contributed by atoms with Crippen molar-refractivity contribution in [3.63, 3.8) is 0 Å². The fourth-order valence-electron chi connectivity index (χ4n) is 20.6. The molecule has 0 heterocycles. The van der Waals surface area contributed by atoms with Gasteiger partial charge in [-0.25, -0.2) is 0 Å². The number of carbonyl (C=O) groups excluding carboxylic acids is 5. The molecule has 13 aliphatic carbocycles. The first-order valence-electron chi connectivity index (χ1n) is 34.7. The number of fused-ring (bicyclic) bond motifs is 21. The summed E-state index contributed by atoms with van der Waals surface area (Å²) < 4.78 is 0. The first-order chi connectivity index (χ1) is 42.2. The molecule has 0 spiro atoms. The Kier molecular flexibility index (Phi) is 22.0. The van der Waals surface area contributed by atoms with E-state index in [0.29, 0.717) is 94.0 Å². The van der Waals surface area contributed by atoms with Crippen molar-refractivity contribution in [3.05, 3.63) is 189 Å². The standard InChI is InChI=1S/C18H22O.C18H20O.C17H20O.C14H16O.C14H14O.4CH4/c2*19-18-11-17-13-6-2-1-5-12(13)9-10-15(17)14-7-3-4-8-16(14)18;18-17-10-16-12-5-2-1-4-11(12)8-9-14(16)13-6-3-7-15(13)17;2*15-12-8-7-11-6-5-10-3-1-2-4-13(10)14(11)9-12;;;;/h1-2,5-6,14-17H,3-4,7-11H2;1-2,5-6,11,14-16H,3-4,7-10H2;1-2,4-5,13-16H,3,6-10H2;1-4,11,14H,5-9H2;1-4,9,11H,5-8H2;4*1H4. The zero-order chi connectivity index (χ0) is 58.3. The van der Waals surface area contributed by atoms with Crippen LogP contribution in [0, 0.1) is 65.1 Å². The van der Waals surface area contributed by atoms with E-state index in [0.717, 1.165) is 69.1 Å². The quantitative estimate of drug-likeness (QED) is 0.154. The summed E-state index contributed by atoms with van der Waals surface area (Å²) >= 11 is 0. The lowest BCUT2D eigenvalue weighted by Crippen LogP contribution is -2.43. The Morgan fingerprint density at radius 2 is 0.711 bits per heavy atom. The summed E-state index contributed by atoms with van der Waals surface area (Å²) in [5.74, 6) is 10.8. The Bertz CT molecular complexity index is 3430. The molecular formula is C85H108O5. The van der Waals surface area contributed by atoms with E-state index in [2.05, 4.69) is 121 Å². The van der Waals surface area contributed by atoms with E-state index in [1.807, 2.05) is 12.2 Å². The summed E-state index contributed by atoms with van der Waals surface area (Å²) in [7, 11) is 0. The number of hydrogen-bond donors (Lipinski definition) is 0. The highest BCUT2D eigenvalue weighted by atomic mass is 16.1. The molecule has 5 aromatic carbocycles. The summed E-state index contributed by atoms with van der Waals surface area (Å²) in [5, 5.41) is 0. The van der Waals surface area contributed by atoms with Crippen molar-refractivity contribution >= 4 is 40.1 Å². The lowest BCUT2D eigenvalue weighted by molar-refractivity contribution is -0.131. The molecule has 0 aromatic heterocycles. The average molecular weight is 1210 g/mol. The number of aryl methyl sites for hydroxylation is 5. The third-order valence-electron chi connectivity index (χ3n) is 24.7. The molecule has 5 nitrogen and oxygen atoms in total. The first kappa shape index (κ1) is 66.8. The van der Waals surface area contributed by atoms with Crippen molar-refractivity contribution in [2.75, 3.05) is 0 Å². The Hall–Kier alpha value is -6.07. The molecule has 14 unspecified atom stereocenters. The van der Waals surface area contributed by atoms with Crippen LogP contribution < -0.4 is 0 Å². The second kappa shape index (κ2) is 29.7. The van der Waals surface area contributed by atoms with E-state index in [9.17, 15) is 24.0 Å². The number of rotatable bonds is 0. The highest BCUT2D eigenvalue weighted by Crippen LogP contribution is 2.56. The van der Waals surface area contributed by atoms with E-state index < -0.39 is 0 Å². The highest BCUT2D eigenvalue weighted by molar-refractivity contribution is 6.02. The van der Waals surface area contributed by atoms with Gasteiger partial charge in [-0.3, -0.25) is 24.0 Å². The molecule has 90 heavy (non-hydrogen) atoms. The van der Waals surface area contributed by atoms with Gasteiger partial charge in [-0.15, -0.1) is 0 Å². The van der Waals surface area contributed by atoms with Gasteiger partial charge in [-0.05, 0) is 260 Å². The molecule has 5 aromatic rings.